The van der Waals surface area contributed by atoms with Crippen molar-refractivity contribution in [2.24, 2.45) is 5.92 Å². The van der Waals surface area contributed by atoms with Crippen molar-refractivity contribution in [1.82, 2.24) is 10.2 Å². The quantitative estimate of drug-likeness (QED) is 0.525. The van der Waals surface area contributed by atoms with Crippen molar-refractivity contribution in [1.29, 1.82) is 0 Å². The van der Waals surface area contributed by atoms with Crippen LogP contribution in [-0.2, 0) is 0 Å². The molecular formula is C16H34N2. The van der Waals surface area contributed by atoms with Crippen LogP contribution in [0, 0.1) is 5.92 Å². The van der Waals surface area contributed by atoms with Gasteiger partial charge in [-0.3, -0.25) is 0 Å². The standard InChI is InChI=1S/C16H34N2/c1-4-8-15-9-7-10-16(12-11-15)17-13-5-6-14-18(2)3/h15-17H,4-14H2,1-3H3. The minimum absolute atomic E-state index is 0.811. The lowest BCUT2D eigenvalue weighted by molar-refractivity contribution is 0.380. The summed E-state index contributed by atoms with van der Waals surface area (Å²) in [5, 5.41) is 3.78. The Morgan fingerprint density at radius 1 is 1.06 bits per heavy atom. The first-order chi connectivity index (χ1) is 8.72. The molecule has 1 N–H and O–H groups in total. The van der Waals surface area contributed by atoms with Crippen LogP contribution in [0.2, 0.25) is 0 Å². The Labute approximate surface area is 115 Å². The SMILES string of the molecule is CCCC1CCCC(NCCCCN(C)C)CC1. The third-order valence-corrected chi connectivity index (χ3v) is 4.25. The van der Waals surface area contributed by atoms with Crippen molar-refractivity contribution in [2.45, 2.75) is 70.8 Å². The fourth-order valence-electron chi connectivity index (χ4n) is 3.14. The van der Waals surface area contributed by atoms with Gasteiger partial charge in [0, 0.05) is 6.04 Å². The molecule has 1 rings (SSSR count). The maximum atomic E-state index is 3.78. The van der Waals surface area contributed by atoms with Crippen LogP contribution >= 0.6 is 0 Å². The van der Waals surface area contributed by atoms with Gasteiger partial charge in [-0.15, -0.1) is 0 Å². The van der Waals surface area contributed by atoms with E-state index in [1.165, 1.54) is 70.9 Å². The van der Waals surface area contributed by atoms with Crippen molar-refractivity contribution in [3.8, 4) is 0 Å². The molecule has 0 spiro atoms. The Hall–Kier alpha value is -0.0800. The van der Waals surface area contributed by atoms with E-state index in [4.69, 9.17) is 0 Å². The van der Waals surface area contributed by atoms with Crippen LogP contribution in [0.3, 0.4) is 0 Å². The lowest BCUT2D eigenvalue weighted by atomic mass is 9.95. The normalized spacial score (nSPS) is 25.3. The Morgan fingerprint density at radius 3 is 2.61 bits per heavy atom. The molecule has 2 nitrogen and oxygen atoms in total. The molecule has 1 aliphatic carbocycles. The Balaban J connectivity index is 2.04. The Bertz CT molecular complexity index is 192. The fraction of sp³-hybridized carbons (Fsp3) is 1.00. The van der Waals surface area contributed by atoms with E-state index < -0.39 is 0 Å². The molecule has 0 aliphatic heterocycles. The number of rotatable bonds is 8. The molecule has 0 radical (unpaired) electrons. The van der Waals surface area contributed by atoms with E-state index in [0.29, 0.717) is 0 Å². The van der Waals surface area contributed by atoms with Crippen LogP contribution < -0.4 is 5.32 Å². The molecule has 0 saturated heterocycles. The van der Waals surface area contributed by atoms with Gasteiger partial charge in [0.05, 0.1) is 0 Å². The topological polar surface area (TPSA) is 15.3 Å². The van der Waals surface area contributed by atoms with Gasteiger partial charge in [0.1, 0.15) is 0 Å². The summed E-state index contributed by atoms with van der Waals surface area (Å²) >= 11 is 0. The number of nitrogens with zero attached hydrogens (tertiary/aromatic N) is 1. The molecule has 1 fully saturated rings. The molecule has 0 bridgehead atoms. The zero-order chi connectivity index (χ0) is 13.2. The van der Waals surface area contributed by atoms with Crippen LogP contribution in [0.4, 0.5) is 0 Å². The highest BCUT2D eigenvalue weighted by Gasteiger charge is 2.17. The van der Waals surface area contributed by atoms with Crippen molar-refractivity contribution >= 4 is 0 Å². The van der Waals surface area contributed by atoms with Crippen molar-refractivity contribution < 1.29 is 0 Å². The highest BCUT2D eigenvalue weighted by atomic mass is 15.0. The number of nitrogens with one attached hydrogen (secondary N) is 1. The van der Waals surface area contributed by atoms with Gasteiger partial charge in [0.15, 0.2) is 0 Å². The minimum atomic E-state index is 0.811. The molecular weight excluding hydrogens is 220 g/mol. The summed E-state index contributed by atoms with van der Waals surface area (Å²) < 4.78 is 0. The van der Waals surface area contributed by atoms with E-state index in [1.54, 1.807) is 0 Å². The van der Waals surface area contributed by atoms with Gasteiger partial charge in [0.2, 0.25) is 0 Å². The number of hydrogen-bond donors (Lipinski definition) is 1. The summed E-state index contributed by atoms with van der Waals surface area (Å²) in [6.07, 6.45) is 12.7. The molecule has 0 heterocycles. The molecule has 1 aliphatic rings. The first kappa shape index (κ1) is 16.0. The second-order valence-electron chi connectivity index (χ2n) is 6.32. The van der Waals surface area contributed by atoms with E-state index >= 15 is 0 Å². The van der Waals surface area contributed by atoms with Crippen LogP contribution in [0.5, 0.6) is 0 Å². The van der Waals surface area contributed by atoms with Crippen LogP contribution in [0.25, 0.3) is 0 Å². The maximum absolute atomic E-state index is 3.78. The molecule has 0 aromatic rings. The van der Waals surface area contributed by atoms with Gasteiger partial charge in [-0.25, -0.2) is 0 Å². The monoisotopic (exact) mass is 254 g/mol. The predicted molar refractivity (Wildman–Crippen MR) is 81.1 cm³/mol. The molecule has 18 heavy (non-hydrogen) atoms. The molecule has 2 unspecified atom stereocenters. The Morgan fingerprint density at radius 2 is 1.89 bits per heavy atom. The van der Waals surface area contributed by atoms with E-state index in [1.807, 2.05) is 0 Å². The lowest BCUT2D eigenvalue weighted by Gasteiger charge is -2.17. The average molecular weight is 254 g/mol. The summed E-state index contributed by atoms with van der Waals surface area (Å²) in [6, 6.07) is 0.811. The van der Waals surface area contributed by atoms with E-state index in [2.05, 4.69) is 31.2 Å². The van der Waals surface area contributed by atoms with E-state index in [9.17, 15) is 0 Å². The van der Waals surface area contributed by atoms with Crippen LogP contribution in [-0.4, -0.2) is 38.1 Å². The second kappa shape index (κ2) is 9.80. The van der Waals surface area contributed by atoms with Gasteiger partial charge in [-0.2, -0.15) is 0 Å². The van der Waals surface area contributed by atoms with Crippen molar-refractivity contribution in [3.63, 3.8) is 0 Å². The molecule has 2 atom stereocenters. The van der Waals surface area contributed by atoms with Crippen LogP contribution in [0.15, 0.2) is 0 Å². The number of unbranched alkanes of at least 4 members (excludes halogenated alkanes) is 1. The van der Waals surface area contributed by atoms with Crippen LogP contribution in [0.1, 0.15) is 64.7 Å². The summed E-state index contributed by atoms with van der Waals surface area (Å²) in [5.74, 6) is 1.02. The molecule has 2 heteroatoms. The third-order valence-electron chi connectivity index (χ3n) is 4.25. The molecule has 108 valence electrons. The summed E-state index contributed by atoms with van der Waals surface area (Å²) in [6.45, 7) is 4.77. The molecule has 0 aromatic heterocycles. The van der Waals surface area contributed by atoms with Gasteiger partial charge >= 0.3 is 0 Å². The summed E-state index contributed by atoms with van der Waals surface area (Å²) in [7, 11) is 4.32. The highest BCUT2D eigenvalue weighted by Crippen LogP contribution is 2.26. The Kier molecular flexibility index (Phi) is 8.70. The van der Waals surface area contributed by atoms with Gasteiger partial charge < -0.3 is 10.2 Å². The zero-order valence-electron chi connectivity index (χ0n) is 12.9. The minimum Gasteiger partial charge on any atom is -0.314 e. The third kappa shape index (κ3) is 7.38. The van der Waals surface area contributed by atoms with Gasteiger partial charge in [-0.05, 0) is 65.2 Å². The van der Waals surface area contributed by atoms with E-state index in [0.717, 1.165) is 12.0 Å². The molecule has 1 saturated carbocycles. The fourth-order valence-corrected chi connectivity index (χ4v) is 3.14. The average Bonchev–Trinajstić information content (AvgIpc) is 2.55. The predicted octanol–water partition coefficient (Wildman–Crippen LogP) is 3.67. The smallest absolute Gasteiger partial charge is 0.00671 e. The van der Waals surface area contributed by atoms with Gasteiger partial charge in [-0.1, -0.05) is 32.6 Å². The van der Waals surface area contributed by atoms with E-state index in [-0.39, 0.29) is 0 Å². The van der Waals surface area contributed by atoms with Crippen molar-refractivity contribution in [2.75, 3.05) is 27.2 Å². The largest absolute Gasteiger partial charge is 0.314 e. The number of hydrogen-bond acceptors (Lipinski definition) is 2. The summed E-state index contributed by atoms with van der Waals surface area (Å²) in [5.41, 5.74) is 0. The molecule has 0 amide bonds. The van der Waals surface area contributed by atoms with Crippen molar-refractivity contribution in [3.05, 3.63) is 0 Å². The second-order valence-corrected chi connectivity index (χ2v) is 6.32. The molecule has 0 aromatic carbocycles. The first-order valence-electron chi connectivity index (χ1n) is 8.10. The lowest BCUT2D eigenvalue weighted by Crippen LogP contribution is -2.29. The summed E-state index contributed by atoms with van der Waals surface area (Å²) in [4.78, 5) is 2.28. The maximum Gasteiger partial charge on any atom is 0.00671 e. The van der Waals surface area contributed by atoms with Gasteiger partial charge in [0.25, 0.3) is 0 Å². The first-order valence-corrected chi connectivity index (χ1v) is 8.10. The highest BCUT2D eigenvalue weighted by molar-refractivity contribution is 4.74. The zero-order valence-corrected chi connectivity index (χ0v) is 12.9.